The Bertz CT molecular complexity index is 1070. The van der Waals surface area contributed by atoms with Gasteiger partial charge in [-0.1, -0.05) is 29.8 Å². The Labute approximate surface area is 141 Å². The molecule has 0 aliphatic carbocycles. The van der Waals surface area contributed by atoms with Crippen molar-refractivity contribution in [3.8, 4) is 11.5 Å². The van der Waals surface area contributed by atoms with Crippen molar-refractivity contribution in [2.24, 2.45) is 0 Å². The molecule has 3 aromatic heterocycles. The number of H-pyrrole nitrogens is 1. The fourth-order valence-corrected chi connectivity index (χ4v) is 2.60. The van der Waals surface area contributed by atoms with E-state index in [4.69, 9.17) is 16.0 Å². The van der Waals surface area contributed by atoms with E-state index in [0.29, 0.717) is 23.2 Å². The number of fused-ring (bicyclic) bond motifs is 1. The molecule has 1 N–H and O–H groups in total. The van der Waals surface area contributed by atoms with Crippen LogP contribution in [0.5, 0.6) is 0 Å². The molecule has 118 valence electrons. The Morgan fingerprint density at radius 1 is 1.08 bits per heavy atom. The molecule has 0 unspecified atom stereocenters. The van der Waals surface area contributed by atoms with Crippen molar-refractivity contribution in [3.05, 3.63) is 75.6 Å². The molecule has 0 saturated carbocycles. The zero-order chi connectivity index (χ0) is 16.5. The summed E-state index contributed by atoms with van der Waals surface area (Å²) in [6.07, 6.45) is 3.66. The Balaban J connectivity index is 1.77. The Hall–Kier alpha value is -2.99. The van der Waals surface area contributed by atoms with Crippen LogP contribution in [0.15, 0.2) is 58.0 Å². The summed E-state index contributed by atoms with van der Waals surface area (Å²) in [7, 11) is 0. The standard InChI is InChI=1S/C17H11ClN4O2/c18-12-4-2-1-3-11(12)9-13-20-15(23)14-17(21-13)24-16(22-14)10-5-7-19-8-6-10/h1-8H,9H2,(H,20,21,23). The Morgan fingerprint density at radius 2 is 1.88 bits per heavy atom. The minimum absolute atomic E-state index is 0.171. The Morgan fingerprint density at radius 3 is 2.67 bits per heavy atom. The van der Waals surface area contributed by atoms with Crippen LogP contribution in [0.4, 0.5) is 0 Å². The van der Waals surface area contributed by atoms with Crippen LogP contribution >= 0.6 is 11.6 Å². The van der Waals surface area contributed by atoms with E-state index in [1.165, 1.54) is 0 Å². The van der Waals surface area contributed by atoms with Gasteiger partial charge in [-0.15, -0.1) is 0 Å². The maximum atomic E-state index is 12.3. The smallest absolute Gasteiger partial charge is 0.280 e. The number of oxazole rings is 1. The second-order valence-corrected chi connectivity index (χ2v) is 5.60. The number of nitrogens with one attached hydrogen (secondary N) is 1. The molecule has 0 atom stereocenters. The van der Waals surface area contributed by atoms with Gasteiger partial charge in [-0.3, -0.25) is 9.78 Å². The van der Waals surface area contributed by atoms with Crippen LogP contribution in [0.25, 0.3) is 22.7 Å². The summed E-state index contributed by atoms with van der Waals surface area (Å²) >= 11 is 6.15. The van der Waals surface area contributed by atoms with Crippen LogP contribution in [-0.4, -0.2) is 19.9 Å². The first-order valence-electron chi connectivity index (χ1n) is 7.24. The van der Waals surface area contributed by atoms with Gasteiger partial charge >= 0.3 is 0 Å². The normalized spacial score (nSPS) is 11.0. The van der Waals surface area contributed by atoms with Crippen LogP contribution in [0.2, 0.25) is 5.02 Å². The quantitative estimate of drug-likeness (QED) is 0.620. The fourth-order valence-electron chi connectivity index (χ4n) is 2.40. The molecule has 3 heterocycles. The van der Waals surface area contributed by atoms with Crippen LogP contribution in [0.3, 0.4) is 0 Å². The lowest BCUT2D eigenvalue weighted by Gasteiger charge is -2.02. The van der Waals surface area contributed by atoms with E-state index in [1.54, 1.807) is 30.6 Å². The molecule has 4 aromatic rings. The topological polar surface area (TPSA) is 84.7 Å². The Kier molecular flexibility index (Phi) is 3.59. The molecule has 4 rings (SSSR count). The zero-order valence-electron chi connectivity index (χ0n) is 12.4. The fraction of sp³-hybridized carbons (Fsp3) is 0.0588. The largest absolute Gasteiger partial charge is 0.417 e. The number of hydrogen-bond acceptors (Lipinski definition) is 5. The lowest BCUT2D eigenvalue weighted by Crippen LogP contribution is -2.12. The number of hydrogen-bond donors (Lipinski definition) is 1. The van der Waals surface area contributed by atoms with Crippen LogP contribution in [0, 0.1) is 0 Å². The molecule has 24 heavy (non-hydrogen) atoms. The third-order valence-electron chi connectivity index (χ3n) is 3.56. The first-order chi connectivity index (χ1) is 11.7. The highest BCUT2D eigenvalue weighted by molar-refractivity contribution is 6.31. The van der Waals surface area contributed by atoms with Crippen LogP contribution in [0.1, 0.15) is 11.4 Å². The van der Waals surface area contributed by atoms with Crippen molar-refractivity contribution in [1.82, 2.24) is 19.9 Å². The number of halogens is 1. The third-order valence-corrected chi connectivity index (χ3v) is 3.93. The molecule has 0 amide bonds. The maximum absolute atomic E-state index is 12.3. The highest BCUT2D eigenvalue weighted by atomic mass is 35.5. The van der Waals surface area contributed by atoms with Gasteiger partial charge in [-0.05, 0) is 23.8 Å². The van der Waals surface area contributed by atoms with Crippen molar-refractivity contribution in [3.63, 3.8) is 0 Å². The van der Waals surface area contributed by atoms with Gasteiger partial charge in [0.1, 0.15) is 5.82 Å². The molecular formula is C17H11ClN4O2. The third kappa shape index (κ3) is 2.68. The number of pyridine rings is 1. The van der Waals surface area contributed by atoms with E-state index in [2.05, 4.69) is 19.9 Å². The molecule has 1 aromatic carbocycles. The number of rotatable bonds is 3. The van der Waals surface area contributed by atoms with E-state index >= 15 is 0 Å². The maximum Gasteiger partial charge on any atom is 0.280 e. The monoisotopic (exact) mass is 338 g/mol. The van der Waals surface area contributed by atoms with Gasteiger partial charge < -0.3 is 9.40 Å². The molecule has 0 fully saturated rings. The second-order valence-electron chi connectivity index (χ2n) is 5.19. The van der Waals surface area contributed by atoms with Gasteiger partial charge in [-0.25, -0.2) is 4.98 Å². The number of aromatic amines is 1. The number of nitrogens with zero attached hydrogens (tertiary/aromatic N) is 3. The van der Waals surface area contributed by atoms with E-state index in [0.717, 1.165) is 11.1 Å². The van der Waals surface area contributed by atoms with Crippen LogP contribution in [-0.2, 0) is 6.42 Å². The van der Waals surface area contributed by atoms with Gasteiger partial charge in [-0.2, -0.15) is 4.98 Å². The zero-order valence-corrected chi connectivity index (χ0v) is 13.1. The average molecular weight is 339 g/mol. The van der Waals surface area contributed by atoms with Gasteiger partial charge in [0.25, 0.3) is 11.3 Å². The molecule has 6 nitrogen and oxygen atoms in total. The molecule has 0 aliphatic heterocycles. The van der Waals surface area contributed by atoms with Crippen molar-refractivity contribution in [2.75, 3.05) is 0 Å². The predicted molar refractivity (Wildman–Crippen MR) is 89.9 cm³/mol. The summed E-state index contributed by atoms with van der Waals surface area (Å²) < 4.78 is 5.64. The van der Waals surface area contributed by atoms with Crippen LogP contribution < -0.4 is 5.56 Å². The van der Waals surface area contributed by atoms with E-state index < -0.39 is 0 Å². The molecular weight excluding hydrogens is 328 g/mol. The summed E-state index contributed by atoms with van der Waals surface area (Å²) in [5.41, 5.74) is 1.63. The lowest BCUT2D eigenvalue weighted by molar-refractivity contribution is 0.604. The molecule has 0 bridgehead atoms. The summed E-state index contributed by atoms with van der Waals surface area (Å²) in [5, 5.41) is 0.621. The summed E-state index contributed by atoms with van der Waals surface area (Å²) in [6.45, 7) is 0. The lowest BCUT2D eigenvalue weighted by atomic mass is 10.1. The first kappa shape index (κ1) is 14.6. The SMILES string of the molecule is O=c1[nH]c(Cc2ccccc2Cl)nc2oc(-c3ccncc3)nc12. The van der Waals surface area contributed by atoms with Gasteiger partial charge in [0.2, 0.25) is 5.89 Å². The van der Waals surface area contributed by atoms with E-state index in [9.17, 15) is 4.79 Å². The van der Waals surface area contributed by atoms with Crippen molar-refractivity contribution in [2.45, 2.75) is 6.42 Å². The van der Waals surface area contributed by atoms with Gasteiger partial charge in [0.05, 0.1) is 0 Å². The van der Waals surface area contributed by atoms with Gasteiger partial charge in [0.15, 0.2) is 5.52 Å². The van der Waals surface area contributed by atoms with Crippen molar-refractivity contribution in [1.29, 1.82) is 0 Å². The predicted octanol–water partition coefficient (Wildman–Crippen LogP) is 3.22. The van der Waals surface area contributed by atoms with Gasteiger partial charge in [0, 0.05) is 29.4 Å². The molecule has 0 radical (unpaired) electrons. The van der Waals surface area contributed by atoms with Crippen molar-refractivity contribution < 1.29 is 4.42 Å². The van der Waals surface area contributed by atoms with Crippen molar-refractivity contribution >= 4 is 22.8 Å². The minimum atomic E-state index is -0.342. The highest BCUT2D eigenvalue weighted by Crippen LogP contribution is 2.22. The molecule has 0 saturated heterocycles. The molecule has 0 aliphatic rings. The first-order valence-corrected chi connectivity index (χ1v) is 7.62. The van der Waals surface area contributed by atoms with E-state index in [-0.39, 0.29) is 16.8 Å². The summed E-state index contributed by atoms with van der Waals surface area (Å²) in [5.74, 6) is 0.804. The molecule has 7 heteroatoms. The minimum Gasteiger partial charge on any atom is -0.417 e. The average Bonchev–Trinajstić information content (AvgIpc) is 3.03. The second kappa shape index (κ2) is 5.90. The van der Waals surface area contributed by atoms with E-state index in [1.807, 2.05) is 18.2 Å². The number of aromatic nitrogens is 4. The number of benzene rings is 1. The molecule has 0 spiro atoms. The summed E-state index contributed by atoms with van der Waals surface area (Å²) in [6, 6.07) is 10.9. The summed E-state index contributed by atoms with van der Waals surface area (Å²) in [4.78, 5) is 27.5. The highest BCUT2D eigenvalue weighted by Gasteiger charge is 2.14.